The second-order valence-electron chi connectivity index (χ2n) is 14.1. The summed E-state index contributed by atoms with van der Waals surface area (Å²) in [6.45, 7) is 1.69. The topological polar surface area (TPSA) is 152 Å². The number of nitrogens with zero attached hydrogens (tertiary/aromatic N) is 7. The quantitative estimate of drug-likeness (QED) is 0.196. The van der Waals surface area contributed by atoms with E-state index in [9.17, 15) is 14.4 Å². The largest absolute Gasteiger partial charge is 0.488 e. The van der Waals surface area contributed by atoms with E-state index < -0.39 is 41.9 Å². The molecule has 1 spiro atoms. The first-order valence-corrected chi connectivity index (χ1v) is 18.3. The third kappa shape index (κ3) is 4.59. The summed E-state index contributed by atoms with van der Waals surface area (Å²) in [5.41, 5.74) is 7.26. The number of thiophene rings is 1. The van der Waals surface area contributed by atoms with E-state index in [1.54, 1.807) is 27.8 Å². The predicted molar refractivity (Wildman–Crippen MR) is 189 cm³/mol. The summed E-state index contributed by atoms with van der Waals surface area (Å²) in [6.07, 6.45) is 2.67. The van der Waals surface area contributed by atoms with Crippen molar-refractivity contribution in [2.75, 3.05) is 37.3 Å². The van der Waals surface area contributed by atoms with Gasteiger partial charge in [-0.25, -0.2) is 18.6 Å². The van der Waals surface area contributed by atoms with Crippen molar-refractivity contribution in [1.82, 2.24) is 34.4 Å². The highest BCUT2D eigenvalue weighted by atomic mass is 35.5. The van der Waals surface area contributed by atoms with Gasteiger partial charge in [0.15, 0.2) is 17.3 Å². The van der Waals surface area contributed by atoms with Gasteiger partial charge in [0.2, 0.25) is 0 Å². The fourth-order valence-corrected chi connectivity index (χ4v) is 10.2. The molecular formula is C35H30ClF3N10O3S. The van der Waals surface area contributed by atoms with Crippen LogP contribution in [0.3, 0.4) is 0 Å². The average molecular weight is 763 g/mol. The second kappa shape index (κ2) is 11.5. The number of hydrogen-bond donors (Lipinski definition) is 3. The van der Waals surface area contributed by atoms with Crippen LogP contribution in [-0.2, 0) is 0 Å². The molecule has 1 amide bonds. The number of carbonyl (C=O) groups excluding carboxylic acids is 1. The van der Waals surface area contributed by atoms with Crippen LogP contribution in [-0.4, -0.2) is 78.9 Å². The number of nitriles is 1. The highest BCUT2D eigenvalue weighted by Gasteiger charge is 2.55. The molecule has 8 heterocycles. The highest BCUT2D eigenvalue weighted by Crippen LogP contribution is 2.55. The Kier molecular flexibility index (Phi) is 7.07. The number of anilines is 2. The third-order valence-corrected chi connectivity index (χ3v) is 12.7. The Morgan fingerprint density at radius 1 is 1.25 bits per heavy atom. The number of amides is 1. The molecule has 13 nitrogen and oxygen atoms in total. The number of benzene rings is 2. The van der Waals surface area contributed by atoms with Crippen LogP contribution in [0.25, 0.3) is 21.2 Å². The number of carbonyl (C=O) groups is 1. The standard InChI is InChI=1S/C35H30ClF3N10O3S/c36-20-13-47-27(25(20)18-2-3-21(38)29-24(18)19(11-40)31(41)53-29)30(39)52-28-23(51-14-34-6-1-8-46(34)12-17(37)10-34)5-4-22-26(28)32(47)45-35(44-22)7-9-48(35)33(50)49-16-42-15-43-49/h2-5,13,15-17,30,32,44-45H,1,6-10,12,14,41H2/t17-,30?,32?,34+,35?/m1/s1. The molecular weight excluding hydrogens is 733 g/mol. The molecule has 272 valence electrons. The van der Waals surface area contributed by atoms with Gasteiger partial charge >= 0.3 is 6.03 Å². The number of nitrogen functional groups attached to an aromatic ring is 1. The van der Waals surface area contributed by atoms with E-state index in [2.05, 4.69) is 31.7 Å². The van der Waals surface area contributed by atoms with Crippen molar-refractivity contribution in [2.24, 2.45) is 0 Å². The summed E-state index contributed by atoms with van der Waals surface area (Å²) >= 11 is 7.91. The smallest absolute Gasteiger partial charge is 0.349 e. The molecule has 3 aromatic heterocycles. The van der Waals surface area contributed by atoms with E-state index in [1.807, 2.05) is 0 Å². The van der Waals surface area contributed by atoms with E-state index in [-0.39, 0.29) is 55.0 Å². The van der Waals surface area contributed by atoms with Gasteiger partial charge in [0.25, 0.3) is 6.36 Å². The van der Waals surface area contributed by atoms with Crippen LogP contribution in [0, 0.1) is 17.1 Å². The number of ether oxygens (including phenoxy) is 2. The van der Waals surface area contributed by atoms with Crippen LogP contribution in [0.15, 0.2) is 43.1 Å². The van der Waals surface area contributed by atoms with Gasteiger partial charge < -0.3 is 25.1 Å². The molecule has 5 atom stereocenters. The number of alkyl halides is 2. The molecule has 5 aliphatic rings. The van der Waals surface area contributed by atoms with E-state index in [1.165, 1.54) is 24.8 Å². The molecule has 0 bridgehead atoms. The van der Waals surface area contributed by atoms with Crippen LogP contribution in [0.4, 0.5) is 28.7 Å². The fraction of sp³-hybridized carbons (Fsp3) is 0.371. The molecule has 53 heavy (non-hydrogen) atoms. The third-order valence-electron chi connectivity index (χ3n) is 11.4. The van der Waals surface area contributed by atoms with Crippen molar-refractivity contribution >= 4 is 49.7 Å². The van der Waals surface area contributed by atoms with Crippen LogP contribution >= 0.6 is 22.9 Å². The normalized spacial score (nSPS) is 27.0. The summed E-state index contributed by atoms with van der Waals surface area (Å²) in [7, 11) is 0. The van der Waals surface area contributed by atoms with Gasteiger partial charge in [-0.2, -0.15) is 19.4 Å². The zero-order valence-electron chi connectivity index (χ0n) is 27.8. The average Bonchev–Trinajstić information content (AvgIpc) is 3.95. The summed E-state index contributed by atoms with van der Waals surface area (Å²) in [5, 5.41) is 21.5. The van der Waals surface area contributed by atoms with Crippen molar-refractivity contribution < 1.29 is 27.4 Å². The first-order chi connectivity index (χ1) is 25.6. The lowest BCUT2D eigenvalue weighted by Gasteiger charge is -2.56. The number of halogens is 4. The van der Waals surface area contributed by atoms with Crippen molar-refractivity contribution in [3.05, 3.63) is 70.8 Å². The van der Waals surface area contributed by atoms with Gasteiger partial charge in [-0.05, 0) is 43.1 Å². The summed E-state index contributed by atoms with van der Waals surface area (Å²) in [5.74, 6) is -1.34. The lowest BCUT2D eigenvalue weighted by atomic mass is 9.94. The maximum absolute atomic E-state index is 17.2. The van der Waals surface area contributed by atoms with Crippen LogP contribution < -0.4 is 25.8 Å². The lowest BCUT2D eigenvalue weighted by Crippen LogP contribution is -2.76. The van der Waals surface area contributed by atoms with Gasteiger partial charge in [-0.3, -0.25) is 15.1 Å². The minimum atomic E-state index is -2.14. The maximum Gasteiger partial charge on any atom is 0.349 e. The first kappa shape index (κ1) is 32.6. The molecule has 3 fully saturated rings. The lowest BCUT2D eigenvalue weighted by molar-refractivity contribution is 0.000311. The van der Waals surface area contributed by atoms with Gasteiger partial charge in [0.05, 0.1) is 26.4 Å². The van der Waals surface area contributed by atoms with Gasteiger partial charge in [-0.1, -0.05) is 17.7 Å². The van der Waals surface area contributed by atoms with E-state index >= 15 is 8.78 Å². The second-order valence-corrected chi connectivity index (χ2v) is 15.6. The molecule has 0 radical (unpaired) electrons. The number of nitrogens with one attached hydrogen (secondary N) is 2. The number of aromatic nitrogens is 4. The Morgan fingerprint density at radius 3 is 2.89 bits per heavy atom. The zero-order valence-corrected chi connectivity index (χ0v) is 29.4. The Morgan fingerprint density at radius 2 is 2.11 bits per heavy atom. The van der Waals surface area contributed by atoms with Crippen LogP contribution in [0.2, 0.25) is 5.02 Å². The molecule has 3 saturated heterocycles. The predicted octanol–water partition coefficient (Wildman–Crippen LogP) is 6.11. The zero-order chi connectivity index (χ0) is 36.4. The van der Waals surface area contributed by atoms with Crippen molar-refractivity contribution in [3.63, 3.8) is 0 Å². The monoisotopic (exact) mass is 762 g/mol. The fourth-order valence-electron chi connectivity index (χ4n) is 8.93. The number of fused-ring (bicyclic) bond motifs is 4. The SMILES string of the molecule is N#Cc1c(N)sc2c(F)ccc(-c3c(Cl)cn4c3C(F)Oc3c(OC[C@@]56CCCN5C[C@H](F)C6)ccc5c3C4NC3(CCN3C(=O)n3cncn3)N5)c12. The molecule has 3 unspecified atom stereocenters. The minimum absolute atomic E-state index is 0.00989. The molecule has 5 aliphatic heterocycles. The summed E-state index contributed by atoms with van der Waals surface area (Å²) in [6, 6.07) is 7.80. The Hall–Kier alpha value is -5.02. The van der Waals surface area contributed by atoms with E-state index in [0.29, 0.717) is 42.7 Å². The van der Waals surface area contributed by atoms with Crippen LogP contribution in [0.1, 0.15) is 55.0 Å². The molecule has 5 aromatic rings. The number of rotatable bonds is 4. The molecule has 0 aliphatic carbocycles. The van der Waals surface area contributed by atoms with Crippen molar-refractivity contribution in [2.45, 2.75) is 55.7 Å². The molecule has 18 heteroatoms. The Labute approximate surface area is 308 Å². The molecule has 0 saturated carbocycles. The molecule has 2 aromatic carbocycles. The minimum Gasteiger partial charge on any atom is -0.488 e. The Balaban J connectivity index is 1.13. The van der Waals surface area contributed by atoms with Crippen molar-refractivity contribution in [1.29, 1.82) is 5.26 Å². The van der Waals surface area contributed by atoms with E-state index in [0.717, 1.165) is 35.4 Å². The Bertz CT molecular complexity index is 2400. The van der Waals surface area contributed by atoms with Gasteiger partial charge in [-0.15, -0.1) is 11.3 Å². The van der Waals surface area contributed by atoms with Crippen LogP contribution in [0.5, 0.6) is 11.5 Å². The summed E-state index contributed by atoms with van der Waals surface area (Å²) in [4.78, 5) is 21.2. The number of likely N-dealkylation sites (tertiary alicyclic amines) is 1. The number of hydrogen-bond acceptors (Lipinski definition) is 11. The molecule has 4 N–H and O–H groups in total. The van der Waals surface area contributed by atoms with Gasteiger partial charge in [0.1, 0.15) is 54.2 Å². The highest BCUT2D eigenvalue weighted by molar-refractivity contribution is 7.23. The van der Waals surface area contributed by atoms with E-state index in [4.69, 9.17) is 26.8 Å². The number of nitrogens with two attached hydrogens (primary N) is 1. The van der Waals surface area contributed by atoms with Crippen molar-refractivity contribution in [3.8, 4) is 28.7 Å². The molecule has 10 rings (SSSR count). The van der Waals surface area contributed by atoms with Gasteiger partial charge in [0, 0.05) is 48.8 Å². The first-order valence-electron chi connectivity index (χ1n) is 17.1. The summed E-state index contributed by atoms with van der Waals surface area (Å²) < 4.78 is 62.5. The maximum atomic E-state index is 17.2.